The van der Waals surface area contributed by atoms with Gasteiger partial charge in [-0.1, -0.05) is 24.3 Å². The van der Waals surface area contributed by atoms with Crippen molar-refractivity contribution in [2.24, 2.45) is 5.73 Å². The Bertz CT molecular complexity index is 457. The molecule has 1 rings (SSSR count). The first-order valence-corrected chi connectivity index (χ1v) is 8.78. The van der Waals surface area contributed by atoms with Gasteiger partial charge in [0.1, 0.15) is 0 Å². The molecule has 6 heteroatoms. The van der Waals surface area contributed by atoms with Gasteiger partial charge < -0.3 is 5.73 Å². The van der Waals surface area contributed by atoms with Crippen molar-refractivity contribution < 1.29 is 8.42 Å². The average molecular weight is 288 g/mol. The van der Waals surface area contributed by atoms with Crippen LogP contribution >= 0.6 is 11.8 Å². The number of benzene rings is 1. The molecule has 0 aliphatic rings. The summed E-state index contributed by atoms with van der Waals surface area (Å²) in [6, 6.07) is 7.28. The molecule has 0 radical (unpaired) electrons. The van der Waals surface area contributed by atoms with Gasteiger partial charge in [0.25, 0.3) is 0 Å². The monoisotopic (exact) mass is 288 g/mol. The minimum absolute atomic E-state index is 0.0105. The number of rotatable bonds is 7. The van der Waals surface area contributed by atoms with Crippen LogP contribution < -0.4 is 10.5 Å². The number of nitrogens with one attached hydrogen (secondary N) is 1. The van der Waals surface area contributed by atoms with Crippen molar-refractivity contribution in [3.8, 4) is 0 Å². The zero-order valence-electron chi connectivity index (χ0n) is 10.7. The molecule has 0 fully saturated rings. The molecule has 0 aliphatic carbocycles. The molecular formula is C12H20N2O2S2. The summed E-state index contributed by atoms with van der Waals surface area (Å²) in [5, 5.41) is 0. The van der Waals surface area contributed by atoms with Crippen molar-refractivity contribution in [2.45, 2.75) is 25.3 Å². The second-order valence-corrected chi connectivity index (χ2v) is 6.92. The van der Waals surface area contributed by atoms with E-state index in [2.05, 4.69) is 4.72 Å². The first-order chi connectivity index (χ1) is 8.46. The second kappa shape index (κ2) is 7.13. The first kappa shape index (κ1) is 15.5. The zero-order valence-corrected chi connectivity index (χ0v) is 12.4. The van der Waals surface area contributed by atoms with Gasteiger partial charge in [-0.15, -0.1) is 0 Å². The van der Waals surface area contributed by atoms with Crippen LogP contribution in [-0.2, 0) is 22.3 Å². The maximum atomic E-state index is 11.9. The van der Waals surface area contributed by atoms with E-state index in [1.54, 1.807) is 23.9 Å². The predicted octanol–water partition coefficient (Wildman–Crippen LogP) is 1.32. The third-order valence-corrected chi connectivity index (χ3v) is 4.72. The van der Waals surface area contributed by atoms with Crippen LogP contribution in [0.25, 0.3) is 0 Å². The van der Waals surface area contributed by atoms with E-state index < -0.39 is 10.0 Å². The number of sulfonamides is 1. The van der Waals surface area contributed by atoms with Crippen molar-refractivity contribution in [3.63, 3.8) is 0 Å². The van der Waals surface area contributed by atoms with Crippen LogP contribution in [0.1, 0.15) is 18.1 Å². The number of hydrogen-bond acceptors (Lipinski definition) is 4. The van der Waals surface area contributed by atoms with E-state index in [1.807, 2.05) is 25.3 Å². The van der Waals surface area contributed by atoms with E-state index in [9.17, 15) is 8.42 Å². The number of hydrogen-bond donors (Lipinski definition) is 2. The molecule has 0 spiro atoms. The summed E-state index contributed by atoms with van der Waals surface area (Å²) in [7, 11) is -3.27. The van der Waals surface area contributed by atoms with Gasteiger partial charge in [0, 0.05) is 18.3 Å². The maximum absolute atomic E-state index is 11.9. The van der Waals surface area contributed by atoms with Gasteiger partial charge in [-0.25, -0.2) is 13.1 Å². The van der Waals surface area contributed by atoms with Crippen LogP contribution in [0.15, 0.2) is 24.3 Å². The largest absolute Gasteiger partial charge is 0.326 e. The summed E-state index contributed by atoms with van der Waals surface area (Å²) in [6.07, 6.45) is 1.95. The van der Waals surface area contributed by atoms with Crippen molar-refractivity contribution in [2.75, 3.05) is 12.0 Å². The van der Waals surface area contributed by atoms with Crippen molar-refractivity contribution >= 4 is 21.8 Å². The van der Waals surface area contributed by atoms with Crippen LogP contribution in [0, 0.1) is 0 Å². The molecule has 0 saturated carbocycles. The van der Waals surface area contributed by atoms with E-state index in [4.69, 9.17) is 5.73 Å². The molecule has 0 bridgehead atoms. The molecule has 18 heavy (non-hydrogen) atoms. The molecule has 0 aliphatic heterocycles. The van der Waals surface area contributed by atoms with E-state index in [0.717, 1.165) is 16.9 Å². The van der Waals surface area contributed by atoms with Crippen LogP contribution in [-0.4, -0.2) is 26.5 Å². The van der Waals surface area contributed by atoms with Gasteiger partial charge in [-0.05, 0) is 24.3 Å². The van der Waals surface area contributed by atoms with Gasteiger partial charge in [0.15, 0.2) is 0 Å². The SMILES string of the molecule is CSCC(C)NS(=O)(=O)Cc1ccc(CN)cc1. The lowest BCUT2D eigenvalue weighted by atomic mass is 10.1. The number of nitrogens with two attached hydrogens (primary N) is 1. The Labute approximate surface area is 113 Å². The Hall–Kier alpha value is -0.560. The zero-order chi connectivity index (χ0) is 13.6. The third-order valence-electron chi connectivity index (χ3n) is 2.41. The van der Waals surface area contributed by atoms with Gasteiger partial charge in [-0.2, -0.15) is 11.8 Å². The highest BCUT2D eigenvalue weighted by Crippen LogP contribution is 2.08. The van der Waals surface area contributed by atoms with Crippen molar-refractivity contribution in [3.05, 3.63) is 35.4 Å². The third kappa shape index (κ3) is 5.39. The predicted molar refractivity (Wildman–Crippen MR) is 77.9 cm³/mol. The van der Waals surface area contributed by atoms with Crippen LogP contribution in [0.3, 0.4) is 0 Å². The smallest absolute Gasteiger partial charge is 0.216 e. The van der Waals surface area contributed by atoms with Crippen molar-refractivity contribution in [1.82, 2.24) is 4.72 Å². The number of thioether (sulfide) groups is 1. The summed E-state index contributed by atoms with van der Waals surface area (Å²) in [5.41, 5.74) is 7.27. The quantitative estimate of drug-likeness (QED) is 0.793. The topological polar surface area (TPSA) is 72.2 Å². The minimum atomic E-state index is -3.27. The molecule has 0 heterocycles. The highest BCUT2D eigenvalue weighted by Gasteiger charge is 2.14. The van der Waals surface area contributed by atoms with E-state index >= 15 is 0 Å². The van der Waals surface area contributed by atoms with Gasteiger partial charge >= 0.3 is 0 Å². The average Bonchev–Trinajstić information content (AvgIpc) is 2.29. The maximum Gasteiger partial charge on any atom is 0.216 e. The lowest BCUT2D eigenvalue weighted by Crippen LogP contribution is -2.35. The molecule has 0 amide bonds. The fourth-order valence-electron chi connectivity index (χ4n) is 1.62. The molecule has 0 aromatic heterocycles. The van der Waals surface area contributed by atoms with E-state index in [-0.39, 0.29) is 11.8 Å². The highest BCUT2D eigenvalue weighted by atomic mass is 32.2. The van der Waals surface area contributed by atoms with Crippen LogP contribution in [0.5, 0.6) is 0 Å². The molecule has 102 valence electrons. The molecule has 1 aromatic rings. The Morgan fingerprint density at radius 2 is 1.83 bits per heavy atom. The molecule has 3 N–H and O–H groups in total. The molecule has 1 aromatic carbocycles. The van der Waals surface area contributed by atoms with Crippen LogP contribution in [0.2, 0.25) is 0 Å². The summed E-state index contributed by atoms with van der Waals surface area (Å²) in [4.78, 5) is 0. The Balaban J connectivity index is 2.64. The fourth-order valence-corrected chi connectivity index (χ4v) is 3.72. The molecule has 0 saturated heterocycles. The summed E-state index contributed by atoms with van der Waals surface area (Å²) >= 11 is 1.62. The minimum Gasteiger partial charge on any atom is -0.326 e. The van der Waals surface area contributed by atoms with Crippen LogP contribution in [0.4, 0.5) is 0 Å². The van der Waals surface area contributed by atoms with Gasteiger partial charge in [0.2, 0.25) is 10.0 Å². The van der Waals surface area contributed by atoms with Gasteiger partial charge in [-0.3, -0.25) is 0 Å². The molecule has 4 nitrogen and oxygen atoms in total. The van der Waals surface area contributed by atoms with Gasteiger partial charge in [0.05, 0.1) is 5.75 Å². The first-order valence-electron chi connectivity index (χ1n) is 5.73. The lowest BCUT2D eigenvalue weighted by molar-refractivity contribution is 0.570. The Morgan fingerprint density at radius 3 is 2.33 bits per heavy atom. The fraction of sp³-hybridized carbons (Fsp3) is 0.500. The summed E-state index contributed by atoms with van der Waals surface area (Å²) in [5.74, 6) is 0.780. The second-order valence-electron chi connectivity index (χ2n) is 4.25. The Kier molecular flexibility index (Phi) is 6.14. The molecular weight excluding hydrogens is 268 g/mol. The lowest BCUT2D eigenvalue weighted by Gasteiger charge is -2.13. The van der Waals surface area contributed by atoms with E-state index in [0.29, 0.717) is 6.54 Å². The molecule has 1 unspecified atom stereocenters. The molecule has 1 atom stereocenters. The normalized spacial score (nSPS) is 13.5. The highest BCUT2D eigenvalue weighted by molar-refractivity contribution is 7.98. The Morgan fingerprint density at radius 1 is 1.28 bits per heavy atom. The van der Waals surface area contributed by atoms with Crippen molar-refractivity contribution in [1.29, 1.82) is 0 Å². The summed E-state index contributed by atoms with van der Waals surface area (Å²) in [6.45, 7) is 2.33. The standard InChI is InChI=1S/C12H20N2O2S2/c1-10(8-17-2)14-18(15,16)9-12-5-3-11(7-13)4-6-12/h3-6,10,14H,7-9,13H2,1-2H3. The van der Waals surface area contributed by atoms with E-state index in [1.165, 1.54) is 0 Å². The summed E-state index contributed by atoms with van der Waals surface area (Å²) < 4.78 is 26.5.